The molecule has 1 aromatic carbocycles. The summed E-state index contributed by atoms with van der Waals surface area (Å²) in [6.07, 6.45) is 2.60. The predicted molar refractivity (Wildman–Crippen MR) is 133 cm³/mol. The second-order valence-electron chi connectivity index (χ2n) is 8.31. The molecule has 1 saturated carbocycles. The number of hydrogen-bond donors (Lipinski definition) is 4. The number of hydrogen-bond acceptors (Lipinski definition) is 5. The molecule has 0 unspecified atom stereocenters. The molecule has 1 fully saturated rings. The van der Waals surface area contributed by atoms with Crippen molar-refractivity contribution < 1.29 is 14.3 Å². The number of amides is 1. The number of nitrogens with two attached hydrogens (primary N) is 1. The Morgan fingerprint density at radius 2 is 1.97 bits per heavy atom. The van der Waals surface area contributed by atoms with E-state index in [4.69, 9.17) is 28.9 Å². The van der Waals surface area contributed by atoms with Crippen LogP contribution in [0.25, 0.3) is 0 Å². The number of guanidine groups is 1. The molecular weight excluding hydrogens is 484 g/mol. The van der Waals surface area contributed by atoms with Gasteiger partial charge in [-0.05, 0) is 58.4 Å². The second kappa shape index (κ2) is 11.2. The number of nitrogens with one attached hydrogen (secondary N) is 2. The van der Waals surface area contributed by atoms with E-state index in [0.29, 0.717) is 48.8 Å². The van der Waals surface area contributed by atoms with Crippen LogP contribution in [0.3, 0.4) is 0 Å². The van der Waals surface area contributed by atoms with Crippen molar-refractivity contribution >= 4 is 59.2 Å². The summed E-state index contributed by atoms with van der Waals surface area (Å²) in [4.78, 5) is 24.8. The Balaban J connectivity index is 2.07. The highest BCUT2D eigenvalue weighted by atomic mass is 35.5. The molecule has 12 heteroatoms. The van der Waals surface area contributed by atoms with Gasteiger partial charge in [0.15, 0.2) is 5.82 Å². The minimum absolute atomic E-state index is 0.0580. The average Bonchev–Trinajstić information content (AvgIpc) is 3.10. The van der Waals surface area contributed by atoms with Gasteiger partial charge in [0.2, 0.25) is 17.8 Å². The first-order valence-electron chi connectivity index (χ1n) is 10.9. The zero-order chi connectivity index (χ0) is 25.0. The third-order valence-corrected chi connectivity index (χ3v) is 6.37. The molecule has 1 aliphatic carbocycles. The van der Waals surface area contributed by atoms with Gasteiger partial charge in [-0.15, -0.1) is 0 Å². The van der Waals surface area contributed by atoms with Crippen molar-refractivity contribution in [2.75, 3.05) is 11.9 Å². The van der Waals surface area contributed by atoms with Gasteiger partial charge in [-0.2, -0.15) is 4.99 Å². The smallest absolute Gasteiger partial charge is 0.224 e. The third kappa shape index (κ3) is 5.86. The summed E-state index contributed by atoms with van der Waals surface area (Å²) in [5.74, 6) is 0.110. The number of primary amides is 1. The summed E-state index contributed by atoms with van der Waals surface area (Å²) in [6.45, 7) is 7.02. The molecule has 3 rings (SSSR count). The minimum Gasteiger partial charge on any atom is -0.394 e. The van der Waals surface area contributed by atoms with Gasteiger partial charge in [-0.25, -0.2) is 14.4 Å². The Morgan fingerprint density at radius 1 is 1.35 bits per heavy atom. The fourth-order valence-corrected chi connectivity index (χ4v) is 4.53. The van der Waals surface area contributed by atoms with Gasteiger partial charge in [0.25, 0.3) is 0 Å². The largest absolute Gasteiger partial charge is 0.394 e. The zero-order valence-electron chi connectivity index (χ0n) is 19.0. The Kier molecular flexibility index (Phi) is 8.51. The second-order valence-corrected chi connectivity index (χ2v) is 9.13. The molecule has 184 valence electrons. The van der Waals surface area contributed by atoms with Crippen molar-refractivity contribution in [2.24, 2.45) is 21.6 Å². The number of halogens is 3. The Bertz CT molecular complexity index is 1070. The molecule has 0 bridgehead atoms. The van der Waals surface area contributed by atoms with E-state index in [1.165, 1.54) is 0 Å². The van der Waals surface area contributed by atoms with Crippen LogP contribution in [0.4, 0.5) is 21.8 Å². The number of nitrogens with zero attached hydrogens (tertiary/aromatic N) is 4. The van der Waals surface area contributed by atoms with Crippen molar-refractivity contribution in [3.8, 4) is 0 Å². The number of aryl methyl sites for hydroxylation is 1. The van der Waals surface area contributed by atoms with Crippen LogP contribution in [0.1, 0.15) is 44.3 Å². The molecule has 0 spiro atoms. The van der Waals surface area contributed by atoms with Crippen LogP contribution in [-0.2, 0) is 4.79 Å². The number of carbonyl (C=O) groups excluding carboxylic acids is 1. The molecule has 1 aliphatic rings. The van der Waals surface area contributed by atoms with Crippen LogP contribution in [0.5, 0.6) is 0 Å². The van der Waals surface area contributed by atoms with Gasteiger partial charge >= 0.3 is 0 Å². The van der Waals surface area contributed by atoms with Crippen molar-refractivity contribution in [1.29, 1.82) is 0 Å². The van der Waals surface area contributed by atoms with Crippen molar-refractivity contribution in [2.45, 2.75) is 51.6 Å². The van der Waals surface area contributed by atoms with Crippen LogP contribution in [0.2, 0.25) is 10.0 Å². The Labute approximate surface area is 207 Å². The van der Waals surface area contributed by atoms with Gasteiger partial charge in [0.1, 0.15) is 5.82 Å². The first-order valence-corrected chi connectivity index (χ1v) is 11.6. The number of rotatable bonds is 7. The molecule has 34 heavy (non-hydrogen) atoms. The molecule has 1 aromatic heterocycles. The van der Waals surface area contributed by atoms with Crippen LogP contribution in [0, 0.1) is 18.7 Å². The molecule has 1 atom stereocenters. The molecule has 1 amide bonds. The monoisotopic (exact) mass is 511 g/mol. The maximum absolute atomic E-state index is 13.7. The third-order valence-electron chi connectivity index (χ3n) is 5.77. The number of carbonyl (C=O) groups is 1. The summed E-state index contributed by atoms with van der Waals surface area (Å²) < 4.78 is 15.6. The SMILES string of the molecule is C=N/C(=N\c1c(C)nc(Nc2c(Cl)cc(F)cc2Cl)n1[C@H]1CC[C@@H](C(N)=O)CC1)N[C@@H](C)CO. The topological polar surface area (TPSA) is 130 Å². The van der Waals surface area contributed by atoms with Crippen molar-refractivity contribution in [3.63, 3.8) is 0 Å². The van der Waals surface area contributed by atoms with Gasteiger partial charge in [-0.3, -0.25) is 9.36 Å². The number of aliphatic hydroxyl groups is 1. The lowest BCUT2D eigenvalue weighted by Crippen LogP contribution is -2.34. The average molecular weight is 512 g/mol. The lowest BCUT2D eigenvalue weighted by molar-refractivity contribution is -0.122. The molecule has 1 heterocycles. The van der Waals surface area contributed by atoms with Gasteiger partial charge < -0.3 is 21.5 Å². The minimum atomic E-state index is -0.555. The quantitative estimate of drug-likeness (QED) is 0.326. The van der Waals surface area contributed by atoms with Crippen LogP contribution in [0.15, 0.2) is 22.1 Å². The van der Waals surface area contributed by atoms with Crippen LogP contribution < -0.4 is 16.4 Å². The van der Waals surface area contributed by atoms with Crippen molar-refractivity contribution in [1.82, 2.24) is 14.9 Å². The first kappa shape index (κ1) is 25.9. The van der Waals surface area contributed by atoms with E-state index in [1.807, 2.05) is 4.57 Å². The number of imidazole rings is 1. The van der Waals surface area contributed by atoms with E-state index in [2.05, 4.69) is 32.3 Å². The summed E-state index contributed by atoms with van der Waals surface area (Å²) in [5.41, 5.74) is 6.41. The number of aromatic nitrogens is 2. The summed E-state index contributed by atoms with van der Waals surface area (Å²) in [7, 11) is 0. The summed E-state index contributed by atoms with van der Waals surface area (Å²) in [6, 6.07) is 1.97. The Morgan fingerprint density at radius 3 is 2.50 bits per heavy atom. The molecule has 2 aromatic rings. The van der Waals surface area contributed by atoms with E-state index in [0.717, 1.165) is 12.1 Å². The highest BCUT2D eigenvalue weighted by molar-refractivity contribution is 6.39. The van der Waals surface area contributed by atoms with E-state index < -0.39 is 5.82 Å². The maximum atomic E-state index is 13.7. The number of anilines is 2. The van der Waals surface area contributed by atoms with Gasteiger partial charge in [0.05, 0.1) is 28.0 Å². The van der Waals surface area contributed by atoms with E-state index in [1.54, 1.807) is 13.8 Å². The molecule has 9 nitrogen and oxygen atoms in total. The lowest BCUT2D eigenvalue weighted by atomic mass is 9.85. The Hall–Kier alpha value is -2.69. The predicted octanol–water partition coefficient (Wildman–Crippen LogP) is 4.26. The highest BCUT2D eigenvalue weighted by Gasteiger charge is 2.30. The molecular formula is C22H28Cl2FN7O2. The van der Waals surface area contributed by atoms with Gasteiger partial charge in [0, 0.05) is 18.0 Å². The fraction of sp³-hybridized carbons (Fsp3) is 0.455. The van der Waals surface area contributed by atoms with Crippen LogP contribution >= 0.6 is 23.2 Å². The van der Waals surface area contributed by atoms with E-state index >= 15 is 0 Å². The number of aliphatic imine (C=N–C) groups is 2. The normalized spacial score (nSPS) is 19.5. The number of benzene rings is 1. The summed E-state index contributed by atoms with van der Waals surface area (Å²) in [5, 5.41) is 15.7. The zero-order valence-corrected chi connectivity index (χ0v) is 20.5. The number of aliphatic hydroxyl groups excluding tert-OH is 1. The standard InChI is InChI=1S/C22H28Cl2FN7O2/c1-11(10-33)28-21(27-3)31-20-12(2)29-22(30-18-16(23)8-14(25)9-17(18)24)32(20)15-6-4-13(5-7-15)19(26)34/h8-9,11,13,15,33H,3-7,10H2,1-2H3,(H2,26,34)(H,28,31)(H,29,30)/t11-,13-,15+/m0/s1. The fourth-order valence-electron chi connectivity index (χ4n) is 3.98. The van der Waals surface area contributed by atoms with E-state index in [9.17, 15) is 14.3 Å². The maximum Gasteiger partial charge on any atom is 0.224 e. The van der Waals surface area contributed by atoms with Crippen molar-refractivity contribution in [3.05, 3.63) is 33.7 Å². The molecule has 5 N–H and O–H groups in total. The first-order chi connectivity index (χ1) is 16.1. The summed E-state index contributed by atoms with van der Waals surface area (Å²) >= 11 is 12.5. The molecule has 0 saturated heterocycles. The van der Waals surface area contributed by atoms with E-state index in [-0.39, 0.29) is 46.5 Å². The lowest BCUT2D eigenvalue weighted by Gasteiger charge is -2.29. The molecule has 0 aliphatic heterocycles. The van der Waals surface area contributed by atoms with Gasteiger partial charge in [-0.1, -0.05) is 23.2 Å². The highest BCUT2D eigenvalue weighted by Crippen LogP contribution is 2.41. The van der Waals surface area contributed by atoms with Crippen LogP contribution in [-0.4, -0.2) is 45.9 Å². The molecule has 0 radical (unpaired) electrons.